The van der Waals surface area contributed by atoms with Crippen LogP contribution in [0.5, 0.6) is 0 Å². The minimum atomic E-state index is -1.92. The topological polar surface area (TPSA) is 44.8 Å². The zero-order valence-corrected chi connectivity index (χ0v) is 18.9. The van der Waals surface area contributed by atoms with Crippen LogP contribution in [-0.4, -0.2) is 39.2 Å². The Morgan fingerprint density at radius 2 is 1.92 bits per heavy atom. The first-order valence-corrected chi connectivity index (χ1v) is 12.7. The highest BCUT2D eigenvalue weighted by Crippen LogP contribution is 2.39. The van der Waals surface area contributed by atoms with Crippen LogP contribution in [0.4, 0.5) is 0 Å². The van der Waals surface area contributed by atoms with Crippen molar-refractivity contribution in [3.05, 3.63) is 23.8 Å². The number of esters is 1. The molecule has 0 saturated carbocycles. The first-order chi connectivity index (χ1) is 12.0. The van der Waals surface area contributed by atoms with Crippen molar-refractivity contribution in [2.45, 2.75) is 97.2 Å². The van der Waals surface area contributed by atoms with Crippen molar-refractivity contribution in [2.24, 2.45) is 0 Å². The Kier molecular flexibility index (Phi) is 8.77. The van der Waals surface area contributed by atoms with E-state index in [9.17, 15) is 4.79 Å². The van der Waals surface area contributed by atoms with E-state index in [0.29, 0.717) is 13.0 Å². The summed E-state index contributed by atoms with van der Waals surface area (Å²) < 4.78 is 17.9. The third-order valence-electron chi connectivity index (χ3n) is 5.17. The number of carbonyl (C=O) groups excluding carboxylic acids is 1. The molecule has 1 saturated heterocycles. The van der Waals surface area contributed by atoms with Gasteiger partial charge in [0.2, 0.25) is 0 Å². The average molecular weight is 383 g/mol. The second-order valence-corrected chi connectivity index (χ2v) is 13.6. The molecule has 5 heteroatoms. The Hall–Kier alpha value is -0.913. The first-order valence-electron chi connectivity index (χ1n) is 9.77. The van der Waals surface area contributed by atoms with E-state index in [0.717, 1.165) is 12.8 Å². The number of hydrogen-bond donors (Lipinski definition) is 0. The molecule has 1 heterocycles. The van der Waals surface area contributed by atoms with E-state index in [-0.39, 0.29) is 29.3 Å². The normalized spacial score (nSPS) is 22.5. The van der Waals surface area contributed by atoms with Crippen LogP contribution in [0.3, 0.4) is 0 Å². The summed E-state index contributed by atoms with van der Waals surface area (Å²) in [6, 6.07) is 0. The molecule has 4 nitrogen and oxygen atoms in total. The first kappa shape index (κ1) is 23.1. The second kappa shape index (κ2) is 9.86. The van der Waals surface area contributed by atoms with Crippen LogP contribution in [0.25, 0.3) is 0 Å². The standard InChI is InChI=1S/C21H38O4Si/c1-9-23-20(22)15-17-13-14-18(24-17)19(12-10-11-16(2)3)25-26(7,8)21(4,5)6/h10-12,17-19H,9,13-15H2,1-8H3/b12-10+/t17-,18-,19-/m1/s1. The van der Waals surface area contributed by atoms with E-state index >= 15 is 0 Å². The summed E-state index contributed by atoms with van der Waals surface area (Å²) in [5, 5.41) is 0.137. The highest BCUT2D eigenvalue weighted by atomic mass is 28.4. The van der Waals surface area contributed by atoms with Gasteiger partial charge in [0, 0.05) is 0 Å². The maximum atomic E-state index is 11.7. The molecule has 150 valence electrons. The Bertz CT molecular complexity index is 513. The van der Waals surface area contributed by atoms with Crippen molar-refractivity contribution in [1.82, 2.24) is 0 Å². The second-order valence-electron chi connectivity index (χ2n) is 8.85. The SMILES string of the molecule is CCOC(=O)C[C@H]1CC[C@H]([C@@H](/C=C/C=C(C)C)O[Si](C)(C)C(C)(C)C)O1. The lowest BCUT2D eigenvalue weighted by molar-refractivity contribution is -0.146. The van der Waals surface area contributed by atoms with Crippen molar-refractivity contribution in [3.63, 3.8) is 0 Å². The van der Waals surface area contributed by atoms with Gasteiger partial charge < -0.3 is 13.9 Å². The number of hydrogen-bond acceptors (Lipinski definition) is 4. The molecule has 0 aromatic carbocycles. The zero-order chi connectivity index (χ0) is 20.0. The van der Waals surface area contributed by atoms with Gasteiger partial charge in [-0.2, -0.15) is 0 Å². The van der Waals surface area contributed by atoms with Gasteiger partial charge in [-0.05, 0) is 51.7 Å². The molecule has 0 N–H and O–H groups in total. The quantitative estimate of drug-likeness (QED) is 0.320. The summed E-state index contributed by atoms with van der Waals surface area (Å²) in [6.45, 7) is 17.7. The fraction of sp³-hybridized carbons (Fsp3) is 0.762. The van der Waals surface area contributed by atoms with Gasteiger partial charge in [0.25, 0.3) is 0 Å². The molecule has 0 aromatic heterocycles. The van der Waals surface area contributed by atoms with Crippen LogP contribution in [0, 0.1) is 0 Å². The van der Waals surface area contributed by atoms with E-state index in [1.165, 1.54) is 5.57 Å². The number of ether oxygens (including phenoxy) is 2. The maximum absolute atomic E-state index is 11.7. The van der Waals surface area contributed by atoms with Crippen molar-refractivity contribution in [3.8, 4) is 0 Å². The summed E-state index contributed by atoms with van der Waals surface area (Å²) >= 11 is 0. The third-order valence-corrected chi connectivity index (χ3v) is 9.65. The average Bonchev–Trinajstić information content (AvgIpc) is 2.93. The Morgan fingerprint density at radius 3 is 2.46 bits per heavy atom. The largest absolute Gasteiger partial charge is 0.466 e. The molecule has 1 rings (SSSR count). The molecule has 3 atom stereocenters. The lowest BCUT2D eigenvalue weighted by atomic mass is 10.1. The lowest BCUT2D eigenvalue weighted by Gasteiger charge is -2.40. The van der Waals surface area contributed by atoms with Crippen molar-refractivity contribution < 1.29 is 18.7 Å². The van der Waals surface area contributed by atoms with Crippen LogP contribution in [0.1, 0.15) is 60.8 Å². The van der Waals surface area contributed by atoms with Crippen molar-refractivity contribution in [2.75, 3.05) is 6.61 Å². The lowest BCUT2D eigenvalue weighted by Crippen LogP contribution is -2.46. The van der Waals surface area contributed by atoms with Crippen LogP contribution in [-0.2, 0) is 18.7 Å². The van der Waals surface area contributed by atoms with Crippen molar-refractivity contribution >= 4 is 14.3 Å². The molecule has 0 amide bonds. The minimum absolute atomic E-state index is 0.00892. The predicted molar refractivity (Wildman–Crippen MR) is 110 cm³/mol. The summed E-state index contributed by atoms with van der Waals surface area (Å²) in [5.74, 6) is -0.180. The van der Waals surface area contributed by atoms with E-state index in [4.69, 9.17) is 13.9 Å². The fourth-order valence-electron chi connectivity index (χ4n) is 2.64. The highest BCUT2D eigenvalue weighted by molar-refractivity contribution is 6.74. The highest BCUT2D eigenvalue weighted by Gasteiger charge is 2.42. The molecule has 1 fully saturated rings. The van der Waals surface area contributed by atoms with Crippen molar-refractivity contribution in [1.29, 1.82) is 0 Å². The Morgan fingerprint density at radius 1 is 1.27 bits per heavy atom. The summed E-state index contributed by atoms with van der Waals surface area (Å²) in [4.78, 5) is 11.7. The van der Waals surface area contributed by atoms with Crippen LogP contribution >= 0.6 is 0 Å². The fourth-order valence-corrected chi connectivity index (χ4v) is 3.91. The molecule has 0 aliphatic carbocycles. The summed E-state index contributed by atoms with van der Waals surface area (Å²) in [7, 11) is -1.92. The minimum Gasteiger partial charge on any atom is -0.466 e. The van der Waals surface area contributed by atoms with Crippen LogP contribution in [0.15, 0.2) is 23.8 Å². The predicted octanol–water partition coefficient (Wildman–Crippen LogP) is 5.40. The Labute approximate surface area is 161 Å². The molecule has 0 radical (unpaired) electrons. The number of allylic oxidation sites excluding steroid dienone is 3. The van der Waals surface area contributed by atoms with Gasteiger partial charge in [0.05, 0.1) is 31.3 Å². The smallest absolute Gasteiger partial charge is 0.308 e. The molecule has 1 aliphatic rings. The van der Waals surface area contributed by atoms with E-state index in [1.807, 2.05) is 6.92 Å². The molecular formula is C21H38O4Si. The molecule has 0 aromatic rings. The molecule has 26 heavy (non-hydrogen) atoms. The molecule has 1 aliphatic heterocycles. The van der Waals surface area contributed by atoms with Gasteiger partial charge in [-0.1, -0.05) is 44.6 Å². The van der Waals surface area contributed by atoms with E-state index < -0.39 is 8.32 Å². The van der Waals surface area contributed by atoms with Gasteiger partial charge in [-0.15, -0.1) is 0 Å². The maximum Gasteiger partial charge on any atom is 0.308 e. The van der Waals surface area contributed by atoms with Gasteiger partial charge in [0.15, 0.2) is 8.32 Å². The Balaban J connectivity index is 2.84. The summed E-state index contributed by atoms with van der Waals surface area (Å²) in [6.07, 6.45) is 8.22. The molecular weight excluding hydrogens is 344 g/mol. The van der Waals surface area contributed by atoms with Gasteiger partial charge in [-0.3, -0.25) is 4.79 Å². The molecule has 0 spiro atoms. The van der Waals surface area contributed by atoms with Crippen LogP contribution < -0.4 is 0 Å². The zero-order valence-electron chi connectivity index (χ0n) is 17.9. The number of rotatable bonds is 8. The molecule has 0 unspecified atom stereocenters. The van der Waals surface area contributed by atoms with Gasteiger partial charge in [-0.25, -0.2) is 0 Å². The monoisotopic (exact) mass is 382 g/mol. The summed E-state index contributed by atoms with van der Waals surface area (Å²) in [5.41, 5.74) is 1.25. The number of carbonyl (C=O) groups is 1. The third kappa shape index (κ3) is 7.37. The van der Waals surface area contributed by atoms with Gasteiger partial charge in [0.1, 0.15) is 0 Å². The van der Waals surface area contributed by atoms with E-state index in [2.05, 4.69) is 65.9 Å². The van der Waals surface area contributed by atoms with E-state index in [1.54, 1.807) is 0 Å². The van der Waals surface area contributed by atoms with Crippen LogP contribution in [0.2, 0.25) is 18.1 Å². The van der Waals surface area contributed by atoms with Gasteiger partial charge >= 0.3 is 5.97 Å². The molecule has 0 bridgehead atoms.